The van der Waals surface area contributed by atoms with Gasteiger partial charge in [0, 0.05) is 0 Å². The van der Waals surface area contributed by atoms with Gasteiger partial charge in [-0.1, -0.05) is 24.3 Å². The van der Waals surface area contributed by atoms with Gasteiger partial charge < -0.3 is 9.47 Å². The molecular weight excluding hydrogens is 381 g/mol. The van der Waals surface area contributed by atoms with Gasteiger partial charge >= 0.3 is 0 Å². The Morgan fingerprint density at radius 1 is 0.857 bits per heavy atom. The Hall–Kier alpha value is -3.06. The van der Waals surface area contributed by atoms with Crippen molar-refractivity contribution in [1.82, 2.24) is 0 Å². The monoisotopic (exact) mass is 401 g/mol. The summed E-state index contributed by atoms with van der Waals surface area (Å²) in [4.78, 5) is 0.112. The van der Waals surface area contributed by atoms with Crippen molar-refractivity contribution in [2.24, 2.45) is 0 Å². The third-order valence-electron chi connectivity index (χ3n) is 4.24. The summed E-state index contributed by atoms with van der Waals surface area (Å²) in [5.74, 6) is 0.591. The summed E-state index contributed by atoms with van der Waals surface area (Å²) in [5, 5.41) is 0. The molecule has 0 unspecified atom stereocenters. The van der Waals surface area contributed by atoms with Gasteiger partial charge in [-0.25, -0.2) is 12.8 Å². The molecule has 0 aliphatic heterocycles. The van der Waals surface area contributed by atoms with Crippen LogP contribution >= 0.6 is 0 Å². The van der Waals surface area contributed by atoms with E-state index in [4.69, 9.17) is 9.47 Å². The molecule has 28 heavy (non-hydrogen) atoms. The first-order chi connectivity index (χ1) is 13.5. The molecule has 0 saturated carbocycles. The predicted molar refractivity (Wildman–Crippen MR) is 106 cm³/mol. The fourth-order valence-corrected chi connectivity index (χ4v) is 4.23. The van der Waals surface area contributed by atoms with Crippen molar-refractivity contribution in [2.45, 2.75) is 11.4 Å². The molecule has 0 N–H and O–H groups in total. The third kappa shape index (κ3) is 4.09. The minimum absolute atomic E-state index is 0.0228. The first-order valence-corrected chi connectivity index (χ1v) is 9.94. The molecule has 0 spiro atoms. The molecule has 0 aromatic heterocycles. The number of rotatable bonds is 7. The first kappa shape index (κ1) is 19.7. The van der Waals surface area contributed by atoms with Gasteiger partial charge in [-0.05, 0) is 54.1 Å². The maximum absolute atomic E-state index is 13.4. The van der Waals surface area contributed by atoms with Crippen molar-refractivity contribution in [3.63, 3.8) is 0 Å². The van der Waals surface area contributed by atoms with E-state index in [2.05, 4.69) is 0 Å². The topological polar surface area (TPSA) is 55.8 Å². The quantitative estimate of drug-likeness (QED) is 0.594. The van der Waals surface area contributed by atoms with Crippen molar-refractivity contribution in [3.05, 3.63) is 84.2 Å². The second kappa shape index (κ2) is 8.31. The standard InChI is InChI=1S/C21H20FNO4S/c1-26-18-11-13-19(14-12-18)28(24,25)23(15-16-7-9-17(22)10-8-16)20-5-3-4-6-21(20)27-2/h3-14H,15H2,1-2H3. The number of ether oxygens (including phenoxy) is 2. The van der Waals surface area contributed by atoms with Crippen molar-refractivity contribution in [3.8, 4) is 11.5 Å². The molecule has 5 nitrogen and oxygen atoms in total. The van der Waals surface area contributed by atoms with Crippen LogP contribution in [0.2, 0.25) is 0 Å². The van der Waals surface area contributed by atoms with Gasteiger partial charge in [0.05, 0.1) is 31.3 Å². The van der Waals surface area contributed by atoms with E-state index in [1.807, 2.05) is 0 Å². The highest BCUT2D eigenvalue weighted by Crippen LogP contribution is 2.34. The number of benzene rings is 3. The molecule has 0 radical (unpaired) electrons. The number of hydrogen-bond acceptors (Lipinski definition) is 4. The molecule has 0 heterocycles. The molecule has 0 atom stereocenters. The lowest BCUT2D eigenvalue weighted by Gasteiger charge is -2.26. The van der Waals surface area contributed by atoms with Gasteiger partial charge in [0.1, 0.15) is 17.3 Å². The van der Waals surface area contributed by atoms with Crippen LogP contribution in [0.3, 0.4) is 0 Å². The molecule has 7 heteroatoms. The molecule has 3 aromatic carbocycles. The Bertz CT molecular complexity index is 1030. The number of anilines is 1. The molecule has 0 saturated heterocycles. The Labute approximate surface area is 164 Å². The highest BCUT2D eigenvalue weighted by Gasteiger charge is 2.27. The summed E-state index contributed by atoms with van der Waals surface area (Å²) in [6, 6.07) is 18.7. The van der Waals surface area contributed by atoms with Crippen molar-refractivity contribution < 1.29 is 22.3 Å². The van der Waals surface area contributed by atoms with Crippen molar-refractivity contribution in [1.29, 1.82) is 0 Å². The van der Waals surface area contributed by atoms with Crippen LogP contribution in [0.1, 0.15) is 5.56 Å². The van der Waals surface area contributed by atoms with E-state index in [9.17, 15) is 12.8 Å². The number of halogens is 1. The lowest BCUT2D eigenvalue weighted by molar-refractivity contribution is 0.414. The summed E-state index contributed by atoms with van der Waals surface area (Å²) in [7, 11) is -0.922. The number of sulfonamides is 1. The van der Waals surface area contributed by atoms with Crippen LogP contribution in [0.4, 0.5) is 10.1 Å². The van der Waals surface area contributed by atoms with Crippen LogP contribution < -0.4 is 13.8 Å². The zero-order chi connectivity index (χ0) is 20.1. The molecular formula is C21H20FNO4S. The number of nitrogens with zero attached hydrogens (tertiary/aromatic N) is 1. The van der Waals surface area contributed by atoms with Crippen LogP contribution in [0, 0.1) is 5.82 Å². The minimum atomic E-state index is -3.92. The summed E-state index contributed by atoms with van der Waals surface area (Å²) >= 11 is 0. The Balaban J connectivity index is 2.09. The van der Waals surface area contributed by atoms with E-state index >= 15 is 0 Å². The Morgan fingerprint density at radius 3 is 2.11 bits per heavy atom. The molecule has 0 amide bonds. The summed E-state index contributed by atoms with van der Waals surface area (Å²) < 4.78 is 51.8. The van der Waals surface area contributed by atoms with E-state index in [1.165, 1.54) is 42.8 Å². The molecule has 0 aliphatic carbocycles. The van der Waals surface area contributed by atoms with Gasteiger partial charge in [0.15, 0.2) is 0 Å². The van der Waals surface area contributed by atoms with Gasteiger partial charge in [0.2, 0.25) is 0 Å². The average molecular weight is 401 g/mol. The van der Waals surface area contributed by atoms with Gasteiger partial charge in [0.25, 0.3) is 10.0 Å². The fraction of sp³-hybridized carbons (Fsp3) is 0.143. The number of methoxy groups -OCH3 is 2. The molecule has 146 valence electrons. The van der Waals surface area contributed by atoms with Crippen LogP contribution in [-0.4, -0.2) is 22.6 Å². The highest BCUT2D eigenvalue weighted by molar-refractivity contribution is 7.92. The lowest BCUT2D eigenvalue weighted by atomic mass is 10.2. The van der Waals surface area contributed by atoms with E-state index in [1.54, 1.807) is 48.5 Å². The zero-order valence-corrected chi connectivity index (χ0v) is 16.3. The van der Waals surface area contributed by atoms with E-state index in [-0.39, 0.29) is 17.3 Å². The van der Waals surface area contributed by atoms with Crippen molar-refractivity contribution >= 4 is 15.7 Å². The third-order valence-corrected chi connectivity index (χ3v) is 6.01. The van der Waals surface area contributed by atoms with Crippen LogP contribution in [-0.2, 0) is 16.6 Å². The number of hydrogen-bond donors (Lipinski definition) is 0. The average Bonchev–Trinajstić information content (AvgIpc) is 2.73. The van der Waals surface area contributed by atoms with Crippen LogP contribution in [0.25, 0.3) is 0 Å². The molecule has 0 aliphatic rings. The second-order valence-electron chi connectivity index (χ2n) is 5.99. The van der Waals surface area contributed by atoms with Crippen LogP contribution in [0.15, 0.2) is 77.7 Å². The summed E-state index contributed by atoms with van der Waals surface area (Å²) in [5.41, 5.74) is 1.04. The minimum Gasteiger partial charge on any atom is -0.497 e. The summed E-state index contributed by atoms with van der Waals surface area (Å²) in [6.45, 7) is 0.0228. The molecule has 0 bridgehead atoms. The normalized spacial score (nSPS) is 11.1. The van der Waals surface area contributed by atoms with Gasteiger partial charge in [-0.2, -0.15) is 0 Å². The van der Waals surface area contributed by atoms with Crippen LogP contribution in [0.5, 0.6) is 11.5 Å². The largest absolute Gasteiger partial charge is 0.497 e. The molecule has 0 fully saturated rings. The highest BCUT2D eigenvalue weighted by atomic mass is 32.2. The predicted octanol–water partition coefficient (Wildman–Crippen LogP) is 4.24. The van der Waals surface area contributed by atoms with E-state index < -0.39 is 10.0 Å². The maximum atomic E-state index is 13.4. The SMILES string of the molecule is COc1ccc(S(=O)(=O)N(Cc2ccc(F)cc2)c2ccccc2OC)cc1. The number of para-hydroxylation sites is 2. The Morgan fingerprint density at radius 2 is 1.50 bits per heavy atom. The molecule has 3 rings (SSSR count). The summed E-state index contributed by atoms with van der Waals surface area (Å²) in [6.07, 6.45) is 0. The smallest absolute Gasteiger partial charge is 0.264 e. The first-order valence-electron chi connectivity index (χ1n) is 8.50. The fourth-order valence-electron chi connectivity index (χ4n) is 2.77. The molecule has 3 aromatic rings. The Kier molecular flexibility index (Phi) is 5.84. The van der Waals surface area contributed by atoms with Crippen molar-refractivity contribution in [2.75, 3.05) is 18.5 Å². The van der Waals surface area contributed by atoms with E-state index in [0.717, 1.165) is 0 Å². The van der Waals surface area contributed by atoms with E-state index in [0.29, 0.717) is 22.7 Å². The maximum Gasteiger partial charge on any atom is 0.264 e. The van der Waals surface area contributed by atoms with Gasteiger partial charge in [-0.15, -0.1) is 0 Å². The zero-order valence-electron chi connectivity index (χ0n) is 15.5. The van der Waals surface area contributed by atoms with Gasteiger partial charge in [-0.3, -0.25) is 4.31 Å². The second-order valence-corrected chi connectivity index (χ2v) is 7.85. The lowest BCUT2D eigenvalue weighted by Crippen LogP contribution is -2.31.